The summed E-state index contributed by atoms with van der Waals surface area (Å²) >= 11 is 0. The van der Waals surface area contributed by atoms with Crippen molar-refractivity contribution in [1.82, 2.24) is 0 Å². The molecule has 1 aromatic rings. The molecule has 1 atom stereocenters. The zero-order valence-corrected chi connectivity index (χ0v) is 11.0. The fraction of sp³-hybridized carbons (Fsp3) is 0.250. The molecule has 0 aromatic heterocycles. The molecule has 0 radical (unpaired) electrons. The molecule has 0 heterocycles. The summed E-state index contributed by atoms with van der Waals surface area (Å²) in [6, 6.07) is 6.19. The van der Waals surface area contributed by atoms with Crippen LogP contribution < -0.4 is 4.74 Å². The second-order valence-corrected chi connectivity index (χ2v) is 7.64. The Morgan fingerprint density at radius 1 is 1.31 bits per heavy atom. The van der Waals surface area contributed by atoms with Crippen molar-refractivity contribution < 1.29 is 17.4 Å². The highest BCUT2D eigenvalue weighted by Gasteiger charge is 2.12. The van der Waals surface area contributed by atoms with Gasteiger partial charge >= 0.3 is 9.24 Å². The average Bonchev–Trinajstić information content (AvgIpc) is 2.14. The fourth-order valence-corrected chi connectivity index (χ4v) is 4.39. The highest BCUT2D eigenvalue weighted by atomic mass is 35.7. The van der Waals surface area contributed by atoms with Crippen LogP contribution in [0.5, 0.6) is 5.75 Å². The molecule has 0 amide bonds. The molecule has 8 heteroatoms. The van der Waals surface area contributed by atoms with E-state index in [0.29, 0.717) is 5.75 Å². The average molecular weight is 284 g/mol. The number of rotatable bonds is 3. The summed E-state index contributed by atoms with van der Waals surface area (Å²) in [7, 11) is -0.857. The molecule has 0 aliphatic carbocycles. The highest BCUT2D eigenvalue weighted by Crippen LogP contribution is 2.20. The molecular formula is C8H10ClNO4S2. The summed E-state index contributed by atoms with van der Waals surface area (Å²) in [5.41, 5.74) is 0. The molecule has 0 bridgehead atoms. The van der Waals surface area contributed by atoms with Crippen LogP contribution in [0.4, 0.5) is 0 Å². The van der Waals surface area contributed by atoms with Crippen LogP contribution in [0.25, 0.3) is 0 Å². The molecule has 0 fully saturated rings. The van der Waals surface area contributed by atoms with Gasteiger partial charge in [-0.2, -0.15) is 8.42 Å². The Kier molecular flexibility index (Phi) is 3.82. The van der Waals surface area contributed by atoms with Gasteiger partial charge in [-0.25, -0.2) is 4.21 Å². The number of nitrogens with zero attached hydrogens (tertiary/aromatic N) is 1. The summed E-state index contributed by atoms with van der Waals surface area (Å²) in [6.07, 6.45) is 1.20. The third kappa shape index (κ3) is 3.66. The van der Waals surface area contributed by atoms with Crippen LogP contribution in [0.15, 0.2) is 32.9 Å². The van der Waals surface area contributed by atoms with Gasteiger partial charge in [-0.05, 0) is 18.2 Å². The molecule has 0 saturated carbocycles. The van der Waals surface area contributed by atoms with Crippen molar-refractivity contribution >= 4 is 29.6 Å². The van der Waals surface area contributed by atoms with E-state index in [-0.39, 0.29) is 4.90 Å². The second-order valence-electron chi connectivity index (χ2n) is 2.97. The van der Waals surface area contributed by atoms with Crippen LogP contribution in [0, 0.1) is 0 Å². The van der Waals surface area contributed by atoms with Crippen molar-refractivity contribution in [2.75, 3.05) is 13.4 Å². The smallest absolute Gasteiger partial charge is 0.347 e. The normalized spacial score (nSPS) is 15.2. The lowest BCUT2D eigenvalue weighted by Crippen LogP contribution is -2.00. The van der Waals surface area contributed by atoms with E-state index in [2.05, 4.69) is 3.77 Å². The number of halogens is 1. The van der Waals surface area contributed by atoms with E-state index in [9.17, 15) is 12.6 Å². The molecule has 1 rings (SSSR count). The van der Waals surface area contributed by atoms with Gasteiger partial charge in [-0.1, -0.05) is 9.83 Å². The molecule has 0 aliphatic rings. The SMILES string of the molecule is COc1cccc([S@@](C)(=O)=NS(=O)(=O)Cl)c1. The van der Waals surface area contributed by atoms with Crippen molar-refractivity contribution in [3.05, 3.63) is 24.3 Å². The lowest BCUT2D eigenvalue weighted by Gasteiger charge is -2.05. The summed E-state index contributed by atoms with van der Waals surface area (Å²) in [4.78, 5) is 0.246. The largest absolute Gasteiger partial charge is 0.497 e. The lowest BCUT2D eigenvalue weighted by molar-refractivity contribution is 0.413. The third-order valence-electron chi connectivity index (χ3n) is 1.71. The topological polar surface area (TPSA) is 72.8 Å². The van der Waals surface area contributed by atoms with E-state index in [1.807, 2.05) is 0 Å². The summed E-state index contributed by atoms with van der Waals surface area (Å²) in [5.74, 6) is 0.467. The Bertz CT molecular complexity index is 602. The molecule has 0 saturated heterocycles. The van der Waals surface area contributed by atoms with E-state index >= 15 is 0 Å². The Morgan fingerprint density at radius 2 is 1.94 bits per heavy atom. The molecule has 0 aliphatic heterocycles. The van der Waals surface area contributed by atoms with Crippen molar-refractivity contribution in [2.45, 2.75) is 4.90 Å². The maximum absolute atomic E-state index is 12.0. The third-order valence-corrected chi connectivity index (χ3v) is 5.20. The number of ether oxygens (including phenoxy) is 1. The van der Waals surface area contributed by atoms with Crippen LogP contribution in [0.1, 0.15) is 0 Å². The molecular weight excluding hydrogens is 274 g/mol. The minimum Gasteiger partial charge on any atom is -0.497 e. The first-order chi connectivity index (χ1) is 7.24. The zero-order valence-electron chi connectivity index (χ0n) is 8.58. The van der Waals surface area contributed by atoms with Crippen molar-refractivity contribution in [3.63, 3.8) is 0 Å². The standard InChI is InChI=1S/C8H10ClNO4S2/c1-14-7-4-3-5-8(6-7)15(2,11)10-16(9,12)13/h3-6H,1-2H3/t15-/m1/s1. The molecule has 0 spiro atoms. The Balaban J connectivity index is 3.39. The molecule has 5 nitrogen and oxygen atoms in total. The Hall–Kier alpha value is -0.790. The molecule has 0 N–H and O–H groups in total. The summed E-state index contributed by atoms with van der Waals surface area (Å²) in [6.45, 7) is 0. The first-order valence-corrected chi connectivity index (χ1v) is 8.26. The predicted octanol–water partition coefficient (Wildman–Crippen LogP) is 1.64. The van der Waals surface area contributed by atoms with Gasteiger partial charge in [0.15, 0.2) is 0 Å². The number of methoxy groups -OCH3 is 1. The van der Waals surface area contributed by atoms with Crippen LogP contribution >= 0.6 is 10.7 Å². The van der Waals surface area contributed by atoms with Crippen molar-refractivity contribution in [3.8, 4) is 5.75 Å². The van der Waals surface area contributed by atoms with Gasteiger partial charge in [-0.3, -0.25) is 0 Å². The molecule has 90 valence electrons. The first-order valence-electron chi connectivity index (χ1n) is 4.07. The number of benzene rings is 1. The van der Waals surface area contributed by atoms with Gasteiger partial charge in [0.25, 0.3) is 0 Å². The Morgan fingerprint density at radius 3 is 2.44 bits per heavy atom. The number of hydrogen-bond acceptors (Lipinski definition) is 4. The van der Waals surface area contributed by atoms with E-state index < -0.39 is 19.0 Å². The van der Waals surface area contributed by atoms with Crippen LogP contribution in [0.3, 0.4) is 0 Å². The minimum absolute atomic E-state index is 0.246. The van der Waals surface area contributed by atoms with Crippen LogP contribution in [-0.2, 0) is 19.0 Å². The lowest BCUT2D eigenvalue weighted by atomic mass is 10.3. The fourth-order valence-electron chi connectivity index (χ4n) is 1.05. The summed E-state index contributed by atoms with van der Waals surface area (Å²) in [5, 5.41) is 0. The maximum Gasteiger partial charge on any atom is 0.347 e. The van der Waals surface area contributed by atoms with Gasteiger partial charge < -0.3 is 4.74 Å². The van der Waals surface area contributed by atoms with Crippen LogP contribution in [-0.4, -0.2) is 26.0 Å². The van der Waals surface area contributed by atoms with Gasteiger partial charge in [0.1, 0.15) is 5.75 Å². The second kappa shape index (κ2) is 4.60. The van der Waals surface area contributed by atoms with Gasteiger partial charge in [0.2, 0.25) is 0 Å². The molecule has 0 unspecified atom stereocenters. The van der Waals surface area contributed by atoms with Gasteiger partial charge in [-0.15, -0.1) is 0 Å². The van der Waals surface area contributed by atoms with Gasteiger partial charge in [0.05, 0.1) is 21.7 Å². The molecule has 16 heavy (non-hydrogen) atoms. The van der Waals surface area contributed by atoms with E-state index in [0.717, 1.165) is 0 Å². The summed E-state index contributed by atoms with van der Waals surface area (Å²) < 4.78 is 41.5. The molecule has 1 aromatic carbocycles. The van der Waals surface area contributed by atoms with E-state index in [1.165, 1.54) is 25.5 Å². The van der Waals surface area contributed by atoms with Gasteiger partial charge in [0, 0.05) is 16.9 Å². The monoisotopic (exact) mass is 283 g/mol. The minimum atomic E-state index is -4.17. The quantitative estimate of drug-likeness (QED) is 0.791. The first kappa shape index (κ1) is 13.3. The van der Waals surface area contributed by atoms with Crippen molar-refractivity contribution in [2.24, 2.45) is 3.77 Å². The number of hydrogen-bond donors (Lipinski definition) is 0. The zero-order chi connectivity index (χ0) is 12.4. The highest BCUT2D eigenvalue weighted by molar-refractivity contribution is 8.17. The van der Waals surface area contributed by atoms with Crippen molar-refractivity contribution in [1.29, 1.82) is 0 Å². The Labute approximate surface area is 99.1 Å². The predicted molar refractivity (Wildman–Crippen MR) is 62.5 cm³/mol. The van der Waals surface area contributed by atoms with E-state index in [4.69, 9.17) is 15.4 Å². The maximum atomic E-state index is 12.0. The van der Waals surface area contributed by atoms with Crippen LogP contribution in [0.2, 0.25) is 0 Å². The van der Waals surface area contributed by atoms with E-state index in [1.54, 1.807) is 12.1 Å².